The molecule has 0 amide bonds. The van der Waals surface area contributed by atoms with E-state index in [1.54, 1.807) is 0 Å². The molecule has 0 spiro atoms. The minimum absolute atomic E-state index is 0.0496. The highest BCUT2D eigenvalue weighted by molar-refractivity contribution is 6.01. The van der Waals surface area contributed by atoms with Crippen LogP contribution in [0.1, 0.15) is 17.5 Å². The fourth-order valence-electron chi connectivity index (χ4n) is 3.89. The van der Waals surface area contributed by atoms with Gasteiger partial charge in [0.15, 0.2) is 0 Å². The Morgan fingerprint density at radius 2 is 1.80 bits per heavy atom. The van der Waals surface area contributed by atoms with Crippen LogP contribution in [0.4, 0.5) is 0 Å². The summed E-state index contributed by atoms with van der Waals surface area (Å²) in [4.78, 5) is 20.8. The van der Waals surface area contributed by atoms with E-state index in [0.717, 1.165) is 82.3 Å². The van der Waals surface area contributed by atoms with Gasteiger partial charge in [0, 0.05) is 39.1 Å². The number of piperazine rings is 1. The van der Waals surface area contributed by atoms with E-state index in [1.165, 1.54) is 0 Å². The summed E-state index contributed by atoms with van der Waals surface area (Å²) in [7, 11) is 0. The number of carboxylic acid groups (broad SMARTS) is 1. The van der Waals surface area contributed by atoms with Gasteiger partial charge in [-0.05, 0) is 11.1 Å². The van der Waals surface area contributed by atoms with Crippen molar-refractivity contribution in [3.63, 3.8) is 0 Å². The van der Waals surface area contributed by atoms with Gasteiger partial charge in [-0.3, -0.25) is 19.6 Å². The molecule has 0 aliphatic carbocycles. The van der Waals surface area contributed by atoms with Crippen LogP contribution < -0.4 is 0 Å². The summed E-state index contributed by atoms with van der Waals surface area (Å²) in [6.45, 7) is 7.34. The van der Waals surface area contributed by atoms with Crippen molar-refractivity contribution in [2.45, 2.75) is 12.5 Å². The third kappa shape index (κ3) is 5.78. The monoisotopic (exact) mass is 415 g/mol. The Morgan fingerprint density at radius 1 is 1.10 bits per heavy atom. The van der Waals surface area contributed by atoms with Gasteiger partial charge in [-0.1, -0.05) is 29.4 Å². The molecule has 0 radical (unpaired) electrons. The zero-order chi connectivity index (χ0) is 20.8. The molecule has 1 unspecified atom stereocenters. The lowest BCUT2D eigenvalue weighted by Gasteiger charge is -2.34. The maximum absolute atomic E-state index is 10.8. The summed E-state index contributed by atoms with van der Waals surface area (Å²) in [6.07, 6.45) is 2.72. The van der Waals surface area contributed by atoms with Gasteiger partial charge in [0.25, 0.3) is 0 Å². The lowest BCUT2D eigenvalue weighted by Crippen LogP contribution is -2.49. The number of ether oxygens (including phenoxy) is 1. The lowest BCUT2D eigenvalue weighted by atomic mass is 10.0. The first-order chi connectivity index (χ1) is 14.7. The predicted molar refractivity (Wildman–Crippen MR) is 113 cm³/mol. The van der Waals surface area contributed by atoms with Crippen LogP contribution in [0.15, 0.2) is 34.5 Å². The summed E-state index contributed by atoms with van der Waals surface area (Å²) in [5.41, 5.74) is 3.11. The molecule has 0 aromatic heterocycles. The van der Waals surface area contributed by atoms with Crippen molar-refractivity contribution in [2.75, 3.05) is 65.6 Å². The van der Waals surface area contributed by atoms with Gasteiger partial charge >= 0.3 is 5.97 Å². The zero-order valence-corrected chi connectivity index (χ0v) is 17.2. The van der Waals surface area contributed by atoms with Crippen LogP contribution in [0.5, 0.6) is 0 Å². The van der Waals surface area contributed by atoms with Crippen molar-refractivity contribution in [3.8, 4) is 0 Å². The van der Waals surface area contributed by atoms with E-state index in [1.807, 2.05) is 16.1 Å². The number of morpholine rings is 1. The summed E-state index contributed by atoms with van der Waals surface area (Å²) in [5.74, 6) is -0.765. The molecule has 9 nitrogen and oxygen atoms in total. The maximum Gasteiger partial charge on any atom is 0.317 e. The number of benzene rings is 1. The normalized spacial score (nSPS) is 23.5. The standard InChI is InChI=1S/C21H29N5O4/c27-21(28)16-25-7-5-24(6-8-25)15-19-13-20(23-30-19)18-3-1-17(2-4-18)14-22-26-9-11-29-12-10-26/h1-4,14,19H,5-13,15-16H2,(H,27,28)/b22-14+. The number of oxime groups is 1. The number of carboxylic acids is 1. The molecule has 2 saturated heterocycles. The first-order valence-electron chi connectivity index (χ1n) is 10.5. The van der Waals surface area contributed by atoms with Crippen LogP contribution in [0.3, 0.4) is 0 Å². The van der Waals surface area contributed by atoms with Crippen LogP contribution in [0.2, 0.25) is 0 Å². The van der Waals surface area contributed by atoms with E-state index in [4.69, 9.17) is 14.7 Å². The van der Waals surface area contributed by atoms with Crippen LogP contribution in [0.25, 0.3) is 0 Å². The lowest BCUT2D eigenvalue weighted by molar-refractivity contribution is -0.138. The summed E-state index contributed by atoms with van der Waals surface area (Å²) < 4.78 is 5.33. The predicted octanol–water partition coefficient (Wildman–Crippen LogP) is 0.548. The van der Waals surface area contributed by atoms with E-state index in [2.05, 4.69) is 39.4 Å². The molecule has 3 heterocycles. The number of hydrazone groups is 1. The Bertz CT molecular complexity index is 768. The van der Waals surface area contributed by atoms with Gasteiger partial charge in [-0.2, -0.15) is 5.10 Å². The molecule has 4 rings (SSSR count). The average molecular weight is 415 g/mol. The summed E-state index contributed by atoms with van der Waals surface area (Å²) in [5, 5.41) is 19.7. The minimum Gasteiger partial charge on any atom is -0.480 e. The highest BCUT2D eigenvalue weighted by Crippen LogP contribution is 2.18. The average Bonchev–Trinajstić information content (AvgIpc) is 3.23. The fourth-order valence-corrected chi connectivity index (χ4v) is 3.89. The molecule has 1 N–H and O–H groups in total. The minimum atomic E-state index is -0.765. The maximum atomic E-state index is 10.8. The van der Waals surface area contributed by atoms with Crippen LogP contribution in [-0.2, 0) is 14.4 Å². The topological polar surface area (TPSA) is 90.2 Å². The first-order valence-corrected chi connectivity index (χ1v) is 10.5. The van der Waals surface area contributed by atoms with Crippen LogP contribution >= 0.6 is 0 Å². The quantitative estimate of drug-likeness (QED) is 0.651. The second kappa shape index (κ2) is 10.0. The van der Waals surface area contributed by atoms with E-state index in [0.29, 0.717) is 0 Å². The van der Waals surface area contributed by atoms with E-state index in [-0.39, 0.29) is 12.6 Å². The molecule has 1 aromatic carbocycles. The van der Waals surface area contributed by atoms with Crippen molar-refractivity contribution in [3.05, 3.63) is 35.4 Å². The molecule has 0 bridgehead atoms. The van der Waals surface area contributed by atoms with Crippen LogP contribution in [-0.4, -0.2) is 109 Å². The van der Waals surface area contributed by atoms with Gasteiger partial charge < -0.3 is 14.7 Å². The van der Waals surface area contributed by atoms with Crippen molar-refractivity contribution >= 4 is 17.9 Å². The molecule has 1 aromatic rings. The van der Waals surface area contributed by atoms with Crippen molar-refractivity contribution in [2.24, 2.45) is 10.3 Å². The zero-order valence-electron chi connectivity index (χ0n) is 17.2. The molecule has 3 aliphatic rings. The molecule has 30 heavy (non-hydrogen) atoms. The Hall–Kier alpha value is -2.49. The van der Waals surface area contributed by atoms with Gasteiger partial charge in [0.1, 0.15) is 6.10 Å². The number of aliphatic carboxylic acids is 1. The van der Waals surface area contributed by atoms with Crippen molar-refractivity contribution < 1.29 is 19.5 Å². The molecule has 9 heteroatoms. The second-order valence-electron chi connectivity index (χ2n) is 7.87. The summed E-state index contributed by atoms with van der Waals surface area (Å²) >= 11 is 0. The van der Waals surface area contributed by atoms with E-state index < -0.39 is 5.97 Å². The number of nitrogens with zero attached hydrogens (tertiary/aromatic N) is 5. The second-order valence-corrected chi connectivity index (χ2v) is 7.87. The first kappa shape index (κ1) is 20.8. The largest absolute Gasteiger partial charge is 0.480 e. The van der Waals surface area contributed by atoms with Gasteiger partial charge in [-0.25, -0.2) is 0 Å². The number of hydrogen-bond donors (Lipinski definition) is 1. The molecular weight excluding hydrogens is 386 g/mol. The van der Waals surface area contributed by atoms with Crippen molar-refractivity contribution in [1.82, 2.24) is 14.8 Å². The highest BCUT2D eigenvalue weighted by atomic mass is 16.6. The third-order valence-electron chi connectivity index (χ3n) is 5.62. The van der Waals surface area contributed by atoms with Gasteiger partial charge in [0.05, 0.1) is 44.8 Å². The van der Waals surface area contributed by atoms with Gasteiger partial charge in [-0.15, -0.1) is 0 Å². The smallest absolute Gasteiger partial charge is 0.317 e. The Morgan fingerprint density at radius 3 is 2.50 bits per heavy atom. The number of carbonyl (C=O) groups is 1. The SMILES string of the molecule is O=C(O)CN1CCN(CC2CC(c3ccc(/C=N/N4CCOCC4)cc3)=NO2)CC1. The van der Waals surface area contributed by atoms with Gasteiger partial charge in [0.2, 0.25) is 0 Å². The molecule has 2 fully saturated rings. The highest BCUT2D eigenvalue weighted by Gasteiger charge is 2.26. The molecule has 162 valence electrons. The fraction of sp³-hybridized carbons (Fsp3) is 0.571. The van der Waals surface area contributed by atoms with E-state index in [9.17, 15) is 4.79 Å². The Balaban J connectivity index is 1.22. The molecule has 1 atom stereocenters. The third-order valence-corrected chi connectivity index (χ3v) is 5.62. The number of hydrogen-bond acceptors (Lipinski definition) is 8. The molecule has 0 saturated carbocycles. The Labute approximate surface area is 176 Å². The molecule has 3 aliphatic heterocycles. The van der Waals surface area contributed by atoms with Crippen molar-refractivity contribution in [1.29, 1.82) is 0 Å². The Kier molecular flexibility index (Phi) is 6.93. The molecular formula is C21H29N5O4. The number of rotatable bonds is 7. The van der Waals surface area contributed by atoms with Crippen LogP contribution in [0, 0.1) is 0 Å². The van der Waals surface area contributed by atoms with E-state index >= 15 is 0 Å². The summed E-state index contributed by atoms with van der Waals surface area (Å²) in [6, 6.07) is 8.24.